The molecule has 0 aromatic heterocycles. The summed E-state index contributed by atoms with van der Waals surface area (Å²) in [7, 11) is 1.73. The van der Waals surface area contributed by atoms with Crippen LogP contribution in [0, 0.1) is 11.8 Å². The molecule has 2 aliphatic rings. The molecule has 16 heavy (non-hydrogen) atoms. The van der Waals surface area contributed by atoms with Crippen molar-refractivity contribution in [1.82, 2.24) is 10.2 Å². The SMILES string of the molecule is CN1C(=O)CC(C(=O)O)C1C1CCCNC1. The van der Waals surface area contributed by atoms with Crippen molar-refractivity contribution in [2.24, 2.45) is 11.8 Å². The Kier molecular flexibility index (Phi) is 3.14. The number of aliphatic carboxylic acids is 1. The fourth-order valence-corrected chi connectivity index (χ4v) is 2.94. The zero-order chi connectivity index (χ0) is 11.7. The number of likely N-dealkylation sites (tertiary alicyclic amines) is 1. The first kappa shape index (κ1) is 11.4. The third-order valence-corrected chi connectivity index (χ3v) is 3.78. The average Bonchev–Trinajstić information content (AvgIpc) is 2.57. The maximum atomic E-state index is 11.6. The Balaban J connectivity index is 2.14. The summed E-state index contributed by atoms with van der Waals surface area (Å²) in [4.78, 5) is 24.4. The van der Waals surface area contributed by atoms with Crippen molar-refractivity contribution in [3.05, 3.63) is 0 Å². The smallest absolute Gasteiger partial charge is 0.309 e. The van der Waals surface area contributed by atoms with Crippen molar-refractivity contribution in [2.75, 3.05) is 20.1 Å². The van der Waals surface area contributed by atoms with E-state index in [1.54, 1.807) is 11.9 Å². The van der Waals surface area contributed by atoms with Crippen LogP contribution in [0.5, 0.6) is 0 Å². The van der Waals surface area contributed by atoms with Gasteiger partial charge in [-0.05, 0) is 31.8 Å². The molecule has 2 N–H and O–H groups in total. The number of nitrogens with zero attached hydrogens (tertiary/aromatic N) is 1. The van der Waals surface area contributed by atoms with Gasteiger partial charge in [0.1, 0.15) is 0 Å². The minimum absolute atomic E-state index is 0.0389. The van der Waals surface area contributed by atoms with Gasteiger partial charge in [0.15, 0.2) is 0 Å². The summed E-state index contributed by atoms with van der Waals surface area (Å²) in [5.41, 5.74) is 0. The molecule has 3 unspecified atom stereocenters. The minimum atomic E-state index is -0.840. The molecular formula is C11H18N2O3. The van der Waals surface area contributed by atoms with E-state index >= 15 is 0 Å². The second kappa shape index (κ2) is 4.41. The molecule has 2 fully saturated rings. The molecule has 2 rings (SSSR count). The molecule has 0 radical (unpaired) electrons. The number of rotatable bonds is 2. The van der Waals surface area contributed by atoms with Crippen molar-refractivity contribution >= 4 is 11.9 Å². The third kappa shape index (κ3) is 1.91. The van der Waals surface area contributed by atoms with E-state index in [2.05, 4.69) is 5.32 Å². The lowest BCUT2D eigenvalue weighted by atomic mass is 9.84. The van der Waals surface area contributed by atoms with Gasteiger partial charge in [0.25, 0.3) is 0 Å². The van der Waals surface area contributed by atoms with E-state index in [1.807, 2.05) is 0 Å². The number of carboxylic acid groups (broad SMARTS) is 1. The molecule has 0 spiro atoms. The highest BCUT2D eigenvalue weighted by molar-refractivity contribution is 5.86. The number of carbonyl (C=O) groups excluding carboxylic acids is 1. The zero-order valence-electron chi connectivity index (χ0n) is 9.48. The van der Waals surface area contributed by atoms with Gasteiger partial charge < -0.3 is 15.3 Å². The fourth-order valence-electron chi connectivity index (χ4n) is 2.94. The van der Waals surface area contributed by atoms with Gasteiger partial charge in [-0.3, -0.25) is 9.59 Å². The Hall–Kier alpha value is -1.10. The van der Waals surface area contributed by atoms with E-state index in [0.29, 0.717) is 0 Å². The molecule has 0 aliphatic carbocycles. The second-order valence-corrected chi connectivity index (χ2v) is 4.75. The molecule has 0 saturated carbocycles. The van der Waals surface area contributed by atoms with E-state index in [1.165, 1.54) is 0 Å². The average molecular weight is 226 g/mol. The van der Waals surface area contributed by atoms with Crippen LogP contribution in [0.15, 0.2) is 0 Å². The van der Waals surface area contributed by atoms with Crippen LogP contribution in [0.2, 0.25) is 0 Å². The highest BCUT2D eigenvalue weighted by atomic mass is 16.4. The number of nitrogens with one attached hydrogen (secondary N) is 1. The largest absolute Gasteiger partial charge is 0.481 e. The molecule has 2 saturated heterocycles. The van der Waals surface area contributed by atoms with Crippen molar-refractivity contribution in [3.8, 4) is 0 Å². The first-order chi connectivity index (χ1) is 7.61. The Bertz CT molecular complexity index is 300. The lowest BCUT2D eigenvalue weighted by molar-refractivity contribution is -0.143. The summed E-state index contributed by atoms with van der Waals surface area (Å²) in [5.74, 6) is -1.12. The van der Waals surface area contributed by atoms with Gasteiger partial charge in [0.2, 0.25) is 5.91 Å². The van der Waals surface area contributed by atoms with Crippen LogP contribution in [0.4, 0.5) is 0 Å². The van der Waals surface area contributed by atoms with Gasteiger partial charge in [-0.25, -0.2) is 0 Å². The first-order valence-corrected chi connectivity index (χ1v) is 5.80. The van der Waals surface area contributed by atoms with E-state index in [0.717, 1.165) is 25.9 Å². The molecule has 1 amide bonds. The zero-order valence-corrected chi connectivity index (χ0v) is 9.48. The van der Waals surface area contributed by atoms with Crippen LogP contribution in [-0.4, -0.2) is 48.1 Å². The Morgan fingerprint density at radius 1 is 1.56 bits per heavy atom. The van der Waals surface area contributed by atoms with Gasteiger partial charge >= 0.3 is 5.97 Å². The van der Waals surface area contributed by atoms with Crippen molar-refractivity contribution in [3.63, 3.8) is 0 Å². The molecule has 0 aromatic rings. The minimum Gasteiger partial charge on any atom is -0.481 e. The number of hydrogen-bond donors (Lipinski definition) is 2. The number of piperidine rings is 1. The van der Waals surface area contributed by atoms with Crippen molar-refractivity contribution in [2.45, 2.75) is 25.3 Å². The van der Waals surface area contributed by atoms with Gasteiger partial charge in [0.05, 0.1) is 5.92 Å². The van der Waals surface area contributed by atoms with Gasteiger partial charge in [0, 0.05) is 19.5 Å². The summed E-state index contributed by atoms with van der Waals surface area (Å²) >= 11 is 0. The molecule has 3 atom stereocenters. The quantitative estimate of drug-likeness (QED) is 0.691. The van der Waals surface area contributed by atoms with E-state index in [-0.39, 0.29) is 24.3 Å². The molecule has 0 bridgehead atoms. The van der Waals surface area contributed by atoms with Crippen LogP contribution in [0.1, 0.15) is 19.3 Å². The highest BCUT2D eigenvalue weighted by Crippen LogP contribution is 2.32. The topological polar surface area (TPSA) is 69.6 Å². The van der Waals surface area contributed by atoms with E-state index in [9.17, 15) is 9.59 Å². The number of hydrogen-bond acceptors (Lipinski definition) is 3. The summed E-state index contributed by atoms with van der Waals surface area (Å²) in [6.45, 7) is 1.82. The molecule has 0 aromatic carbocycles. The Morgan fingerprint density at radius 2 is 2.31 bits per heavy atom. The second-order valence-electron chi connectivity index (χ2n) is 4.75. The number of carbonyl (C=O) groups is 2. The molecule has 2 heterocycles. The molecule has 5 heteroatoms. The molecule has 2 aliphatic heterocycles. The lowest BCUT2D eigenvalue weighted by Crippen LogP contribution is -2.46. The summed E-state index contributed by atoms with van der Waals surface area (Å²) in [6, 6.07) is -0.127. The van der Waals surface area contributed by atoms with Crippen LogP contribution in [-0.2, 0) is 9.59 Å². The van der Waals surface area contributed by atoms with Gasteiger partial charge in [-0.15, -0.1) is 0 Å². The van der Waals surface area contributed by atoms with Gasteiger partial charge in [-0.1, -0.05) is 0 Å². The first-order valence-electron chi connectivity index (χ1n) is 5.80. The summed E-state index contributed by atoms with van der Waals surface area (Å²) < 4.78 is 0. The van der Waals surface area contributed by atoms with Crippen molar-refractivity contribution in [1.29, 1.82) is 0 Å². The number of amides is 1. The lowest BCUT2D eigenvalue weighted by Gasteiger charge is -2.34. The van der Waals surface area contributed by atoms with E-state index < -0.39 is 11.9 Å². The van der Waals surface area contributed by atoms with E-state index in [4.69, 9.17) is 5.11 Å². The normalized spacial score (nSPS) is 35.4. The predicted octanol–water partition coefficient (Wildman–Crippen LogP) is -0.0825. The predicted molar refractivity (Wildman–Crippen MR) is 57.9 cm³/mol. The monoisotopic (exact) mass is 226 g/mol. The van der Waals surface area contributed by atoms with Gasteiger partial charge in [-0.2, -0.15) is 0 Å². The maximum Gasteiger partial charge on any atom is 0.309 e. The number of carboxylic acids is 1. The van der Waals surface area contributed by atoms with Crippen LogP contribution >= 0.6 is 0 Å². The van der Waals surface area contributed by atoms with Crippen LogP contribution in [0.3, 0.4) is 0 Å². The fraction of sp³-hybridized carbons (Fsp3) is 0.818. The standard InChI is InChI=1S/C11H18N2O3/c1-13-9(14)5-8(11(15)16)10(13)7-3-2-4-12-6-7/h7-8,10,12H,2-6H2,1H3,(H,15,16). The molecule has 5 nitrogen and oxygen atoms in total. The van der Waals surface area contributed by atoms with Crippen LogP contribution in [0.25, 0.3) is 0 Å². The third-order valence-electron chi connectivity index (χ3n) is 3.78. The Morgan fingerprint density at radius 3 is 2.88 bits per heavy atom. The maximum absolute atomic E-state index is 11.6. The van der Waals surface area contributed by atoms with Crippen LogP contribution < -0.4 is 5.32 Å². The van der Waals surface area contributed by atoms with Crippen molar-refractivity contribution < 1.29 is 14.7 Å². The Labute approximate surface area is 94.8 Å². The molecule has 90 valence electrons. The summed E-state index contributed by atoms with van der Waals surface area (Å²) in [6.07, 6.45) is 2.24. The summed E-state index contributed by atoms with van der Waals surface area (Å²) in [5, 5.41) is 12.4. The highest BCUT2D eigenvalue weighted by Gasteiger charge is 2.45. The molecular weight excluding hydrogens is 208 g/mol.